The molecule has 0 aliphatic rings. The number of rotatable bonds is 7. The van der Waals surface area contributed by atoms with Crippen LogP contribution in [0.15, 0.2) is 72.8 Å². The second-order valence-electron chi connectivity index (χ2n) is 6.92. The summed E-state index contributed by atoms with van der Waals surface area (Å²) in [5.41, 5.74) is 3.13. The zero-order chi connectivity index (χ0) is 18.6. The van der Waals surface area contributed by atoms with Gasteiger partial charge in [-0.25, -0.2) is 0 Å². The number of aliphatic hydroxyl groups is 1. The number of aromatic amines is 1. The Morgan fingerprint density at radius 3 is 2.46 bits per heavy atom. The zero-order valence-electron chi connectivity index (χ0n) is 15.8. The summed E-state index contributed by atoms with van der Waals surface area (Å²) in [6, 6.07) is 24.3. The van der Waals surface area contributed by atoms with Gasteiger partial charge in [-0.2, -0.15) is 0 Å². The van der Waals surface area contributed by atoms with Gasteiger partial charge in [0.25, 0.3) is 0 Å². The van der Waals surface area contributed by atoms with Gasteiger partial charge < -0.3 is 20.1 Å². The summed E-state index contributed by atoms with van der Waals surface area (Å²) < 4.78 is 5.95. The molecule has 1 heterocycles. The molecule has 0 spiro atoms. The zero-order valence-corrected chi connectivity index (χ0v) is 16.6. The van der Waals surface area contributed by atoms with Crippen LogP contribution in [0, 0.1) is 0 Å². The van der Waals surface area contributed by atoms with E-state index >= 15 is 0 Å². The molecule has 0 saturated heterocycles. The predicted molar refractivity (Wildman–Crippen MR) is 117 cm³/mol. The van der Waals surface area contributed by atoms with Gasteiger partial charge in [-0.3, -0.25) is 0 Å². The fourth-order valence-electron chi connectivity index (χ4n) is 3.31. The van der Waals surface area contributed by atoms with Crippen LogP contribution in [0.3, 0.4) is 0 Å². The summed E-state index contributed by atoms with van der Waals surface area (Å²) in [7, 11) is 0. The van der Waals surface area contributed by atoms with Crippen molar-refractivity contribution in [3.8, 4) is 5.75 Å². The molecule has 0 saturated carbocycles. The van der Waals surface area contributed by atoms with Crippen molar-refractivity contribution in [2.45, 2.75) is 19.1 Å². The van der Waals surface area contributed by atoms with E-state index in [-0.39, 0.29) is 18.4 Å². The SMILES string of the molecule is C[C@H](COc1ccc2c(c1)[nH]c1ccccc12)NC[C@H](O)c1ccccc1.Cl. The van der Waals surface area contributed by atoms with Gasteiger partial charge in [0.1, 0.15) is 12.4 Å². The quantitative estimate of drug-likeness (QED) is 0.419. The summed E-state index contributed by atoms with van der Waals surface area (Å²) >= 11 is 0. The Morgan fingerprint density at radius 1 is 0.929 bits per heavy atom. The fraction of sp³-hybridized carbons (Fsp3) is 0.217. The van der Waals surface area contributed by atoms with Crippen molar-refractivity contribution in [1.82, 2.24) is 10.3 Å². The number of hydrogen-bond acceptors (Lipinski definition) is 3. The fourth-order valence-corrected chi connectivity index (χ4v) is 3.31. The first kappa shape index (κ1) is 20.2. The third-order valence-electron chi connectivity index (χ3n) is 4.82. The number of ether oxygens (including phenoxy) is 1. The van der Waals surface area contributed by atoms with Gasteiger partial charge in [0.05, 0.1) is 11.6 Å². The topological polar surface area (TPSA) is 57.3 Å². The van der Waals surface area contributed by atoms with Crippen molar-refractivity contribution < 1.29 is 9.84 Å². The lowest BCUT2D eigenvalue weighted by Crippen LogP contribution is -2.34. The Kier molecular flexibility index (Phi) is 6.57. The van der Waals surface area contributed by atoms with Gasteiger partial charge in [-0.1, -0.05) is 48.5 Å². The minimum absolute atomic E-state index is 0. The lowest BCUT2D eigenvalue weighted by molar-refractivity contribution is 0.164. The molecule has 4 rings (SSSR count). The smallest absolute Gasteiger partial charge is 0.121 e. The van der Waals surface area contributed by atoms with E-state index < -0.39 is 6.10 Å². The van der Waals surface area contributed by atoms with Crippen molar-refractivity contribution in [3.05, 3.63) is 78.4 Å². The molecule has 5 heteroatoms. The molecule has 3 N–H and O–H groups in total. The van der Waals surface area contributed by atoms with E-state index in [2.05, 4.69) is 41.5 Å². The molecule has 0 amide bonds. The Labute approximate surface area is 170 Å². The van der Waals surface area contributed by atoms with Crippen LogP contribution in [0.1, 0.15) is 18.6 Å². The number of aliphatic hydroxyl groups excluding tert-OH is 1. The maximum atomic E-state index is 10.2. The maximum Gasteiger partial charge on any atom is 0.121 e. The molecular formula is C23H25ClN2O2. The molecule has 4 nitrogen and oxygen atoms in total. The van der Waals surface area contributed by atoms with Crippen LogP contribution in [-0.2, 0) is 0 Å². The number of hydrogen-bond donors (Lipinski definition) is 3. The van der Waals surface area contributed by atoms with E-state index in [4.69, 9.17) is 4.74 Å². The molecule has 28 heavy (non-hydrogen) atoms. The number of aromatic nitrogens is 1. The van der Waals surface area contributed by atoms with E-state index in [0.717, 1.165) is 22.3 Å². The first-order valence-electron chi connectivity index (χ1n) is 9.30. The standard InChI is InChI=1S/C23H24N2O2.ClH/c1-16(24-14-23(26)17-7-3-2-4-8-17)15-27-18-11-12-20-19-9-5-6-10-21(19)25-22(20)13-18;/h2-13,16,23-26H,14-15H2,1H3;1H/t16-,23+;/m1./s1. The second kappa shape index (κ2) is 9.11. The highest BCUT2D eigenvalue weighted by molar-refractivity contribution is 6.07. The largest absolute Gasteiger partial charge is 0.492 e. The first-order valence-corrected chi connectivity index (χ1v) is 9.30. The summed E-state index contributed by atoms with van der Waals surface area (Å²) in [6.07, 6.45) is -0.517. The third kappa shape index (κ3) is 4.47. The van der Waals surface area contributed by atoms with Gasteiger partial charge in [0, 0.05) is 34.9 Å². The van der Waals surface area contributed by atoms with Crippen molar-refractivity contribution in [3.63, 3.8) is 0 Å². The van der Waals surface area contributed by atoms with Crippen LogP contribution >= 0.6 is 12.4 Å². The van der Waals surface area contributed by atoms with Crippen LogP contribution in [0.25, 0.3) is 21.8 Å². The van der Waals surface area contributed by atoms with Gasteiger partial charge in [0.2, 0.25) is 0 Å². The van der Waals surface area contributed by atoms with Gasteiger partial charge in [-0.15, -0.1) is 12.4 Å². The summed E-state index contributed by atoms with van der Waals surface area (Å²) in [5, 5.41) is 16.0. The molecule has 0 bridgehead atoms. The molecule has 0 radical (unpaired) electrons. The minimum Gasteiger partial charge on any atom is -0.492 e. The average Bonchev–Trinajstić information content (AvgIpc) is 3.09. The number of halogens is 1. The van der Waals surface area contributed by atoms with Crippen LogP contribution in [0.5, 0.6) is 5.75 Å². The van der Waals surface area contributed by atoms with Gasteiger partial charge >= 0.3 is 0 Å². The first-order chi connectivity index (χ1) is 13.2. The molecule has 2 atom stereocenters. The highest BCUT2D eigenvalue weighted by Gasteiger charge is 2.10. The number of benzene rings is 3. The highest BCUT2D eigenvalue weighted by atomic mass is 35.5. The molecule has 146 valence electrons. The summed E-state index contributed by atoms with van der Waals surface area (Å²) in [4.78, 5) is 3.44. The normalized spacial score (nSPS) is 13.2. The maximum absolute atomic E-state index is 10.2. The molecule has 0 unspecified atom stereocenters. The number of H-pyrrole nitrogens is 1. The van der Waals surface area contributed by atoms with Crippen molar-refractivity contribution in [2.75, 3.05) is 13.2 Å². The van der Waals surface area contributed by atoms with Crippen molar-refractivity contribution in [1.29, 1.82) is 0 Å². The van der Waals surface area contributed by atoms with Crippen LogP contribution in [-0.4, -0.2) is 29.3 Å². The van der Waals surface area contributed by atoms with Crippen molar-refractivity contribution >= 4 is 34.2 Å². The average molecular weight is 397 g/mol. The van der Waals surface area contributed by atoms with Crippen LogP contribution in [0.4, 0.5) is 0 Å². The molecule has 0 aliphatic carbocycles. The monoisotopic (exact) mass is 396 g/mol. The third-order valence-corrected chi connectivity index (χ3v) is 4.82. The molecule has 1 aromatic heterocycles. The minimum atomic E-state index is -0.517. The Bertz CT molecular complexity index is 1030. The molecular weight excluding hydrogens is 372 g/mol. The Morgan fingerprint density at radius 2 is 1.64 bits per heavy atom. The van der Waals surface area contributed by atoms with E-state index in [9.17, 15) is 5.11 Å². The molecule has 3 aromatic carbocycles. The van der Waals surface area contributed by atoms with E-state index in [1.165, 1.54) is 10.8 Å². The van der Waals surface area contributed by atoms with E-state index in [0.29, 0.717) is 13.2 Å². The molecule has 0 aliphatic heterocycles. The van der Waals surface area contributed by atoms with Crippen molar-refractivity contribution in [2.24, 2.45) is 0 Å². The van der Waals surface area contributed by atoms with Crippen LogP contribution in [0.2, 0.25) is 0 Å². The molecule has 0 fully saturated rings. The Hall–Kier alpha value is -2.53. The second-order valence-corrected chi connectivity index (χ2v) is 6.92. The van der Waals surface area contributed by atoms with Crippen LogP contribution < -0.4 is 10.1 Å². The molecule has 4 aromatic rings. The summed E-state index contributed by atoms with van der Waals surface area (Å²) in [6.45, 7) is 3.09. The lowest BCUT2D eigenvalue weighted by atomic mass is 10.1. The number of fused-ring (bicyclic) bond motifs is 3. The Balaban J connectivity index is 0.00000225. The predicted octanol–water partition coefficient (Wildman–Crippen LogP) is 4.83. The van der Waals surface area contributed by atoms with E-state index in [1.807, 2.05) is 48.5 Å². The van der Waals surface area contributed by atoms with Gasteiger partial charge in [0.15, 0.2) is 0 Å². The lowest BCUT2D eigenvalue weighted by Gasteiger charge is -2.18. The van der Waals surface area contributed by atoms with Gasteiger partial charge in [-0.05, 0) is 30.7 Å². The number of para-hydroxylation sites is 1. The summed E-state index contributed by atoms with van der Waals surface area (Å²) in [5.74, 6) is 0.839. The number of nitrogens with one attached hydrogen (secondary N) is 2. The van der Waals surface area contributed by atoms with E-state index in [1.54, 1.807) is 0 Å². The highest BCUT2D eigenvalue weighted by Crippen LogP contribution is 2.28.